The molecule has 0 radical (unpaired) electrons. The maximum absolute atomic E-state index is 3.79. The zero-order valence-corrected chi connectivity index (χ0v) is 13.4. The van der Waals surface area contributed by atoms with E-state index in [9.17, 15) is 0 Å². The molecule has 0 aromatic carbocycles. The molecule has 18 heavy (non-hydrogen) atoms. The van der Waals surface area contributed by atoms with E-state index >= 15 is 0 Å². The van der Waals surface area contributed by atoms with Crippen molar-refractivity contribution in [3.05, 3.63) is 0 Å². The second-order valence-corrected chi connectivity index (χ2v) is 7.13. The van der Waals surface area contributed by atoms with Crippen LogP contribution < -0.4 is 5.32 Å². The second-order valence-electron chi connectivity index (χ2n) is 7.13. The van der Waals surface area contributed by atoms with Crippen molar-refractivity contribution in [1.29, 1.82) is 0 Å². The molecule has 2 heteroatoms. The number of hydrogen-bond donors (Lipinski definition) is 1. The van der Waals surface area contributed by atoms with Gasteiger partial charge in [0.1, 0.15) is 0 Å². The Hall–Kier alpha value is -0.0800. The fourth-order valence-corrected chi connectivity index (χ4v) is 2.96. The highest BCUT2D eigenvalue weighted by atomic mass is 15.2. The van der Waals surface area contributed by atoms with Crippen LogP contribution in [-0.4, -0.2) is 36.6 Å². The Bertz CT molecular complexity index is 232. The van der Waals surface area contributed by atoms with Crippen LogP contribution in [0.25, 0.3) is 0 Å². The first-order chi connectivity index (χ1) is 8.40. The van der Waals surface area contributed by atoms with E-state index in [0.717, 1.165) is 12.5 Å². The second kappa shape index (κ2) is 6.91. The summed E-state index contributed by atoms with van der Waals surface area (Å²) >= 11 is 0. The lowest BCUT2D eigenvalue weighted by atomic mass is 9.82. The van der Waals surface area contributed by atoms with E-state index in [2.05, 4.69) is 51.8 Å². The maximum Gasteiger partial charge on any atom is 0.0269 e. The molecule has 0 aromatic heterocycles. The van der Waals surface area contributed by atoms with Crippen molar-refractivity contribution in [2.75, 3.05) is 19.6 Å². The largest absolute Gasteiger partial charge is 0.311 e. The predicted octanol–water partition coefficient (Wildman–Crippen LogP) is 3.52. The van der Waals surface area contributed by atoms with Crippen molar-refractivity contribution >= 4 is 0 Å². The molecule has 1 rings (SSSR count). The summed E-state index contributed by atoms with van der Waals surface area (Å²) in [5.41, 5.74) is 0.376. The van der Waals surface area contributed by atoms with Gasteiger partial charge in [0.2, 0.25) is 0 Å². The zero-order valence-electron chi connectivity index (χ0n) is 13.4. The Kier molecular flexibility index (Phi) is 6.13. The van der Waals surface area contributed by atoms with Crippen molar-refractivity contribution in [1.82, 2.24) is 10.2 Å². The molecule has 1 aliphatic heterocycles. The molecule has 3 unspecified atom stereocenters. The minimum atomic E-state index is 0.376. The lowest BCUT2D eigenvalue weighted by Crippen LogP contribution is -2.62. The standard InChI is InChI=1S/C16H34N2/c1-7-9-10-18-12-14(13(3)8-2)17-11-15(18)16(4,5)6/h13-15,17H,7-12H2,1-6H3. The highest BCUT2D eigenvalue weighted by Gasteiger charge is 2.36. The van der Waals surface area contributed by atoms with Crippen molar-refractivity contribution < 1.29 is 0 Å². The molecule has 2 nitrogen and oxygen atoms in total. The molecule has 1 heterocycles. The van der Waals surface area contributed by atoms with E-state index in [1.165, 1.54) is 32.4 Å². The number of piperazine rings is 1. The van der Waals surface area contributed by atoms with E-state index < -0.39 is 0 Å². The van der Waals surface area contributed by atoms with Gasteiger partial charge in [-0.05, 0) is 24.3 Å². The summed E-state index contributed by atoms with van der Waals surface area (Å²) in [6.45, 7) is 17.8. The molecule has 1 aliphatic rings. The van der Waals surface area contributed by atoms with Crippen LogP contribution in [0.1, 0.15) is 60.8 Å². The number of unbranched alkanes of at least 4 members (excludes halogenated alkanes) is 1. The summed E-state index contributed by atoms with van der Waals surface area (Å²) in [4.78, 5) is 2.75. The normalized spacial score (nSPS) is 28.3. The van der Waals surface area contributed by atoms with E-state index in [4.69, 9.17) is 0 Å². The van der Waals surface area contributed by atoms with Crippen LogP contribution in [0, 0.1) is 11.3 Å². The van der Waals surface area contributed by atoms with Gasteiger partial charge in [0.15, 0.2) is 0 Å². The molecule has 0 aliphatic carbocycles. The van der Waals surface area contributed by atoms with Gasteiger partial charge in [-0.1, -0.05) is 54.4 Å². The van der Waals surface area contributed by atoms with Crippen molar-refractivity contribution in [2.24, 2.45) is 11.3 Å². The molecule has 0 spiro atoms. The summed E-state index contributed by atoms with van der Waals surface area (Å²) in [6.07, 6.45) is 3.91. The first kappa shape index (κ1) is 16.0. The van der Waals surface area contributed by atoms with Gasteiger partial charge in [-0.2, -0.15) is 0 Å². The third kappa shape index (κ3) is 4.24. The summed E-state index contributed by atoms with van der Waals surface area (Å²) in [7, 11) is 0. The molecule has 0 amide bonds. The quantitative estimate of drug-likeness (QED) is 0.807. The van der Waals surface area contributed by atoms with Crippen LogP contribution in [0.15, 0.2) is 0 Å². The monoisotopic (exact) mass is 254 g/mol. The molecule has 1 N–H and O–H groups in total. The van der Waals surface area contributed by atoms with Gasteiger partial charge >= 0.3 is 0 Å². The predicted molar refractivity (Wildman–Crippen MR) is 81.0 cm³/mol. The molecule has 0 saturated carbocycles. The van der Waals surface area contributed by atoms with Crippen molar-refractivity contribution in [2.45, 2.75) is 72.9 Å². The van der Waals surface area contributed by atoms with Crippen LogP contribution in [0.4, 0.5) is 0 Å². The molecule has 108 valence electrons. The topological polar surface area (TPSA) is 15.3 Å². The SMILES string of the molecule is CCCCN1CC(C(C)CC)NCC1C(C)(C)C. The van der Waals surface area contributed by atoms with Gasteiger partial charge in [0.25, 0.3) is 0 Å². The van der Waals surface area contributed by atoms with Crippen molar-refractivity contribution in [3.63, 3.8) is 0 Å². The molecule has 3 atom stereocenters. The van der Waals surface area contributed by atoms with Gasteiger partial charge in [0.05, 0.1) is 0 Å². The Morgan fingerprint density at radius 3 is 2.44 bits per heavy atom. The lowest BCUT2D eigenvalue weighted by Gasteiger charge is -2.47. The molecule has 1 saturated heterocycles. The van der Waals surface area contributed by atoms with Crippen LogP contribution in [0.3, 0.4) is 0 Å². The van der Waals surface area contributed by atoms with Crippen LogP contribution >= 0.6 is 0 Å². The summed E-state index contributed by atoms with van der Waals surface area (Å²) in [5, 5.41) is 3.79. The Balaban J connectivity index is 2.66. The molecule has 0 aromatic rings. The molecular formula is C16H34N2. The average Bonchev–Trinajstić information content (AvgIpc) is 2.33. The van der Waals surface area contributed by atoms with Gasteiger partial charge in [-0.15, -0.1) is 0 Å². The molecule has 1 fully saturated rings. The maximum atomic E-state index is 3.79. The van der Waals surface area contributed by atoms with Crippen molar-refractivity contribution in [3.8, 4) is 0 Å². The third-order valence-electron chi connectivity index (χ3n) is 4.57. The van der Waals surface area contributed by atoms with Gasteiger partial charge in [0, 0.05) is 25.2 Å². The number of nitrogens with zero attached hydrogens (tertiary/aromatic N) is 1. The van der Waals surface area contributed by atoms with E-state index in [1.807, 2.05) is 0 Å². The summed E-state index contributed by atoms with van der Waals surface area (Å²) in [6, 6.07) is 1.37. The fourth-order valence-electron chi connectivity index (χ4n) is 2.96. The fraction of sp³-hybridized carbons (Fsp3) is 1.00. The average molecular weight is 254 g/mol. The lowest BCUT2D eigenvalue weighted by molar-refractivity contribution is 0.0431. The number of hydrogen-bond acceptors (Lipinski definition) is 2. The van der Waals surface area contributed by atoms with E-state index in [0.29, 0.717) is 17.5 Å². The van der Waals surface area contributed by atoms with Crippen LogP contribution in [0.2, 0.25) is 0 Å². The first-order valence-corrected chi connectivity index (χ1v) is 7.87. The van der Waals surface area contributed by atoms with Gasteiger partial charge < -0.3 is 5.32 Å². The summed E-state index contributed by atoms with van der Waals surface area (Å²) in [5.74, 6) is 0.787. The smallest absolute Gasteiger partial charge is 0.0269 e. The van der Waals surface area contributed by atoms with E-state index in [1.54, 1.807) is 0 Å². The Morgan fingerprint density at radius 2 is 1.94 bits per heavy atom. The van der Waals surface area contributed by atoms with Gasteiger partial charge in [-0.25, -0.2) is 0 Å². The zero-order chi connectivity index (χ0) is 13.8. The molecule has 0 bridgehead atoms. The highest BCUT2D eigenvalue weighted by Crippen LogP contribution is 2.28. The minimum Gasteiger partial charge on any atom is -0.311 e. The number of nitrogens with one attached hydrogen (secondary N) is 1. The van der Waals surface area contributed by atoms with E-state index in [-0.39, 0.29) is 0 Å². The van der Waals surface area contributed by atoms with Crippen LogP contribution in [-0.2, 0) is 0 Å². The van der Waals surface area contributed by atoms with Gasteiger partial charge in [-0.3, -0.25) is 4.90 Å². The highest BCUT2D eigenvalue weighted by molar-refractivity contribution is 4.93. The van der Waals surface area contributed by atoms with Crippen LogP contribution in [0.5, 0.6) is 0 Å². The minimum absolute atomic E-state index is 0.376. The first-order valence-electron chi connectivity index (χ1n) is 7.87. The Labute approximate surface area is 115 Å². The molecular weight excluding hydrogens is 220 g/mol. The number of rotatable bonds is 5. The summed E-state index contributed by atoms with van der Waals surface area (Å²) < 4.78 is 0. The Morgan fingerprint density at radius 1 is 1.28 bits per heavy atom. The third-order valence-corrected chi connectivity index (χ3v) is 4.57.